The SMILES string of the molecule is CCNC(=O)C1(C)/C=C/CC(C(=O)NC(C)(C)C)CCC1. The standard InChI is InChI=1S/C17H30N2O2/c1-6-18-15(21)17(5)11-7-9-13(10-8-12-17)14(20)19-16(2,3)4/h7,11,13H,6,8-10,12H2,1-5H3,(H,18,21)(H,19,20)/b11-7+. The molecule has 0 aromatic rings. The lowest BCUT2D eigenvalue weighted by atomic mass is 9.79. The molecule has 0 saturated heterocycles. The van der Waals surface area contributed by atoms with Crippen LogP contribution in [-0.4, -0.2) is 23.9 Å². The molecule has 4 heteroatoms. The average Bonchev–Trinajstić information content (AvgIpc) is 2.31. The van der Waals surface area contributed by atoms with Crippen molar-refractivity contribution < 1.29 is 9.59 Å². The molecule has 0 bridgehead atoms. The van der Waals surface area contributed by atoms with Crippen molar-refractivity contribution >= 4 is 11.8 Å². The Kier molecular flexibility index (Phi) is 5.99. The molecule has 0 aliphatic heterocycles. The molecule has 2 unspecified atom stereocenters. The van der Waals surface area contributed by atoms with Gasteiger partial charge in [0.1, 0.15) is 0 Å². The summed E-state index contributed by atoms with van der Waals surface area (Å²) in [7, 11) is 0. The van der Waals surface area contributed by atoms with E-state index in [-0.39, 0.29) is 23.3 Å². The van der Waals surface area contributed by atoms with Crippen LogP contribution in [0.5, 0.6) is 0 Å². The zero-order chi connectivity index (χ0) is 16.1. The molecule has 0 heterocycles. The van der Waals surface area contributed by atoms with Crippen LogP contribution in [0.25, 0.3) is 0 Å². The second-order valence-electron chi connectivity index (χ2n) is 7.24. The predicted molar refractivity (Wildman–Crippen MR) is 85.8 cm³/mol. The number of allylic oxidation sites excluding steroid dienone is 1. The van der Waals surface area contributed by atoms with Crippen LogP contribution in [0.2, 0.25) is 0 Å². The molecular formula is C17H30N2O2. The van der Waals surface area contributed by atoms with Crippen molar-refractivity contribution in [1.82, 2.24) is 10.6 Å². The summed E-state index contributed by atoms with van der Waals surface area (Å²) in [6.07, 6.45) is 7.20. The van der Waals surface area contributed by atoms with E-state index in [9.17, 15) is 9.59 Å². The monoisotopic (exact) mass is 294 g/mol. The third-order valence-electron chi connectivity index (χ3n) is 3.88. The Morgan fingerprint density at radius 1 is 1.33 bits per heavy atom. The van der Waals surface area contributed by atoms with Crippen LogP contribution in [0.4, 0.5) is 0 Å². The van der Waals surface area contributed by atoms with Crippen molar-refractivity contribution in [3.05, 3.63) is 12.2 Å². The highest BCUT2D eigenvalue weighted by Crippen LogP contribution is 2.31. The van der Waals surface area contributed by atoms with E-state index < -0.39 is 5.41 Å². The van der Waals surface area contributed by atoms with Crippen molar-refractivity contribution in [2.45, 2.75) is 65.8 Å². The van der Waals surface area contributed by atoms with E-state index in [0.29, 0.717) is 13.0 Å². The van der Waals surface area contributed by atoms with Gasteiger partial charge in [-0.2, -0.15) is 0 Å². The molecule has 1 aliphatic carbocycles. The highest BCUT2D eigenvalue weighted by molar-refractivity contribution is 5.84. The van der Waals surface area contributed by atoms with E-state index in [1.807, 2.05) is 46.8 Å². The summed E-state index contributed by atoms with van der Waals surface area (Å²) in [6.45, 7) is 10.5. The van der Waals surface area contributed by atoms with Gasteiger partial charge in [0.2, 0.25) is 11.8 Å². The quantitative estimate of drug-likeness (QED) is 0.786. The molecule has 2 atom stereocenters. The van der Waals surface area contributed by atoms with Gasteiger partial charge in [0.15, 0.2) is 0 Å². The van der Waals surface area contributed by atoms with E-state index >= 15 is 0 Å². The van der Waals surface area contributed by atoms with Crippen LogP contribution >= 0.6 is 0 Å². The second-order valence-corrected chi connectivity index (χ2v) is 7.24. The van der Waals surface area contributed by atoms with Gasteiger partial charge in [-0.1, -0.05) is 18.6 Å². The first kappa shape index (κ1) is 17.7. The normalized spacial score (nSPS) is 28.1. The molecule has 0 aromatic heterocycles. The number of carbonyl (C=O) groups excluding carboxylic acids is 2. The molecule has 0 aromatic carbocycles. The maximum atomic E-state index is 12.3. The summed E-state index contributed by atoms with van der Waals surface area (Å²) < 4.78 is 0. The molecule has 0 saturated carbocycles. The highest BCUT2D eigenvalue weighted by Gasteiger charge is 2.32. The first-order valence-corrected chi connectivity index (χ1v) is 7.96. The van der Waals surface area contributed by atoms with Gasteiger partial charge in [0.25, 0.3) is 0 Å². The topological polar surface area (TPSA) is 58.2 Å². The van der Waals surface area contributed by atoms with Gasteiger partial charge in [-0.15, -0.1) is 0 Å². The number of amides is 2. The number of nitrogens with one attached hydrogen (secondary N) is 2. The van der Waals surface area contributed by atoms with Gasteiger partial charge in [-0.3, -0.25) is 9.59 Å². The Bertz CT molecular complexity index is 410. The highest BCUT2D eigenvalue weighted by atomic mass is 16.2. The van der Waals surface area contributed by atoms with Crippen LogP contribution < -0.4 is 10.6 Å². The molecule has 120 valence electrons. The van der Waals surface area contributed by atoms with E-state index in [1.54, 1.807) is 0 Å². The number of hydrogen-bond acceptors (Lipinski definition) is 2. The summed E-state index contributed by atoms with van der Waals surface area (Å²) >= 11 is 0. The number of carbonyl (C=O) groups is 2. The molecule has 2 N–H and O–H groups in total. The van der Waals surface area contributed by atoms with Gasteiger partial charge >= 0.3 is 0 Å². The van der Waals surface area contributed by atoms with E-state index in [0.717, 1.165) is 19.3 Å². The zero-order valence-electron chi connectivity index (χ0n) is 14.1. The van der Waals surface area contributed by atoms with Crippen LogP contribution in [0.15, 0.2) is 12.2 Å². The Hall–Kier alpha value is -1.32. The minimum Gasteiger partial charge on any atom is -0.356 e. The maximum Gasteiger partial charge on any atom is 0.229 e. The van der Waals surface area contributed by atoms with E-state index in [2.05, 4.69) is 10.6 Å². The van der Waals surface area contributed by atoms with Gasteiger partial charge in [0, 0.05) is 18.0 Å². The van der Waals surface area contributed by atoms with Crippen molar-refractivity contribution in [3.8, 4) is 0 Å². The summed E-state index contributed by atoms with van der Waals surface area (Å²) in [4.78, 5) is 24.4. The molecular weight excluding hydrogens is 264 g/mol. The van der Waals surface area contributed by atoms with Crippen LogP contribution in [0.3, 0.4) is 0 Å². The third kappa shape index (κ3) is 5.52. The van der Waals surface area contributed by atoms with Crippen LogP contribution in [0, 0.1) is 11.3 Å². The Labute approximate surface area is 128 Å². The van der Waals surface area contributed by atoms with Crippen molar-refractivity contribution in [2.75, 3.05) is 6.54 Å². The molecule has 0 spiro atoms. The lowest BCUT2D eigenvalue weighted by Crippen LogP contribution is -2.44. The minimum absolute atomic E-state index is 0.0132. The average molecular weight is 294 g/mol. The minimum atomic E-state index is -0.443. The Morgan fingerprint density at radius 3 is 2.57 bits per heavy atom. The lowest BCUT2D eigenvalue weighted by molar-refractivity contribution is -0.128. The Balaban J connectivity index is 2.70. The zero-order valence-corrected chi connectivity index (χ0v) is 14.1. The second kappa shape index (κ2) is 7.10. The van der Waals surface area contributed by atoms with Gasteiger partial charge < -0.3 is 10.6 Å². The van der Waals surface area contributed by atoms with Crippen LogP contribution in [0.1, 0.15) is 60.3 Å². The number of hydrogen-bond donors (Lipinski definition) is 2. The molecule has 0 fully saturated rings. The summed E-state index contributed by atoms with van der Waals surface area (Å²) in [5.74, 6) is 0.215. The predicted octanol–water partition coefficient (Wildman–Crippen LogP) is 2.79. The molecule has 1 rings (SSSR count). The van der Waals surface area contributed by atoms with E-state index in [4.69, 9.17) is 0 Å². The Morgan fingerprint density at radius 2 is 2.00 bits per heavy atom. The molecule has 4 nitrogen and oxygen atoms in total. The first-order chi connectivity index (χ1) is 9.68. The molecule has 2 amide bonds. The summed E-state index contributed by atoms with van der Waals surface area (Å²) in [6, 6.07) is 0. The fourth-order valence-electron chi connectivity index (χ4n) is 2.67. The third-order valence-corrected chi connectivity index (χ3v) is 3.88. The summed E-state index contributed by atoms with van der Waals surface area (Å²) in [5.41, 5.74) is -0.639. The van der Waals surface area contributed by atoms with Gasteiger partial charge in [0.05, 0.1) is 5.41 Å². The fraction of sp³-hybridized carbons (Fsp3) is 0.765. The number of rotatable bonds is 3. The maximum absolute atomic E-state index is 12.3. The smallest absolute Gasteiger partial charge is 0.229 e. The van der Waals surface area contributed by atoms with Gasteiger partial charge in [-0.25, -0.2) is 0 Å². The molecule has 0 radical (unpaired) electrons. The van der Waals surface area contributed by atoms with Crippen molar-refractivity contribution in [3.63, 3.8) is 0 Å². The first-order valence-electron chi connectivity index (χ1n) is 7.96. The fourth-order valence-corrected chi connectivity index (χ4v) is 2.67. The van der Waals surface area contributed by atoms with Crippen LogP contribution in [-0.2, 0) is 9.59 Å². The largest absolute Gasteiger partial charge is 0.356 e. The van der Waals surface area contributed by atoms with E-state index in [1.165, 1.54) is 0 Å². The summed E-state index contributed by atoms with van der Waals surface area (Å²) in [5, 5.41) is 5.95. The van der Waals surface area contributed by atoms with Crippen molar-refractivity contribution in [1.29, 1.82) is 0 Å². The van der Waals surface area contributed by atoms with Gasteiger partial charge in [-0.05, 0) is 53.9 Å². The molecule has 1 aliphatic rings. The lowest BCUT2D eigenvalue weighted by Gasteiger charge is -2.29. The molecule has 21 heavy (non-hydrogen) atoms. The van der Waals surface area contributed by atoms with Crippen molar-refractivity contribution in [2.24, 2.45) is 11.3 Å².